The van der Waals surface area contributed by atoms with E-state index in [4.69, 9.17) is 15.7 Å². The molecular formula is C14H19N3O2S. The van der Waals surface area contributed by atoms with Crippen LogP contribution in [0.15, 0.2) is 0 Å². The molecule has 0 unspecified atom stereocenters. The van der Waals surface area contributed by atoms with E-state index in [1.54, 1.807) is 6.92 Å². The molecule has 2 rings (SSSR count). The van der Waals surface area contributed by atoms with Crippen molar-refractivity contribution in [3.8, 4) is 6.07 Å². The molecule has 0 spiro atoms. The molecule has 108 valence electrons. The number of rotatable bonds is 3. The van der Waals surface area contributed by atoms with Crippen LogP contribution in [0.4, 0.5) is 10.7 Å². The van der Waals surface area contributed by atoms with Crippen molar-refractivity contribution in [2.45, 2.75) is 27.2 Å². The summed E-state index contributed by atoms with van der Waals surface area (Å²) in [5.74, 6) is -0.442. The highest BCUT2D eigenvalue weighted by Crippen LogP contribution is 2.42. The summed E-state index contributed by atoms with van der Waals surface area (Å²) in [5, 5.41) is 9.89. The van der Waals surface area contributed by atoms with E-state index in [9.17, 15) is 4.79 Å². The second-order valence-electron chi connectivity index (χ2n) is 5.69. The Labute approximate surface area is 122 Å². The molecule has 0 atom stereocenters. The smallest absolute Gasteiger partial charge is 0.343 e. The highest BCUT2D eigenvalue weighted by molar-refractivity contribution is 7.17. The number of ether oxygens (including phenoxy) is 1. The molecule has 1 aliphatic rings. The third-order valence-electron chi connectivity index (χ3n) is 3.47. The molecular weight excluding hydrogens is 274 g/mol. The summed E-state index contributed by atoms with van der Waals surface area (Å²) in [7, 11) is 0. The maximum absolute atomic E-state index is 12.1. The Bertz CT molecular complexity index is 572. The monoisotopic (exact) mass is 293 g/mol. The van der Waals surface area contributed by atoms with Crippen LogP contribution in [0.25, 0.3) is 0 Å². The van der Waals surface area contributed by atoms with Gasteiger partial charge in [-0.25, -0.2) is 4.79 Å². The van der Waals surface area contributed by atoms with Gasteiger partial charge < -0.3 is 15.4 Å². The van der Waals surface area contributed by atoms with Crippen LogP contribution in [-0.2, 0) is 4.74 Å². The normalized spacial score (nSPS) is 17.0. The molecule has 1 aromatic rings. The summed E-state index contributed by atoms with van der Waals surface area (Å²) in [5.41, 5.74) is 6.75. The van der Waals surface area contributed by atoms with E-state index in [0.29, 0.717) is 17.0 Å². The van der Waals surface area contributed by atoms with Crippen LogP contribution in [0.2, 0.25) is 0 Å². The Balaban J connectivity index is 2.42. The lowest BCUT2D eigenvalue weighted by atomic mass is 9.93. The van der Waals surface area contributed by atoms with Crippen molar-refractivity contribution in [3.05, 3.63) is 10.4 Å². The van der Waals surface area contributed by atoms with E-state index < -0.39 is 5.97 Å². The number of thiophene rings is 1. The van der Waals surface area contributed by atoms with Gasteiger partial charge in [-0.1, -0.05) is 13.8 Å². The van der Waals surface area contributed by atoms with Crippen LogP contribution < -0.4 is 10.6 Å². The molecule has 0 bridgehead atoms. The van der Waals surface area contributed by atoms with Gasteiger partial charge in [-0.3, -0.25) is 0 Å². The van der Waals surface area contributed by atoms with Crippen molar-refractivity contribution in [2.75, 3.05) is 30.3 Å². The van der Waals surface area contributed by atoms with Crippen LogP contribution in [-0.4, -0.2) is 25.7 Å². The zero-order valence-electron chi connectivity index (χ0n) is 12.0. The molecule has 0 radical (unpaired) electrons. The first-order valence-corrected chi connectivity index (χ1v) is 7.45. The lowest BCUT2D eigenvalue weighted by molar-refractivity contribution is 0.0529. The van der Waals surface area contributed by atoms with Crippen molar-refractivity contribution in [1.29, 1.82) is 5.26 Å². The van der Waals surface area contributed by atoms with E-state index in [-0.39, 0.29) is 11.1 Å². The van der Waals surface area contributed by atoms with Gasteiger partial charge >= 0.3 is 5.97 Å². The number of hydrogen-bond acceptors (Lipinski definition) is 6. The Morgan fingerprint density at radius 2 is 2.30 bits per heavy atom. The molecule has 0 aromatic carbocycles. The number of hydrogen-bond donors (Lipinski definition) is 1. The van der Waals surface area contributed by atoms with Crippen molar-refractivity contribution >= 4 is 28.0 Å². The lowest BCUT2D eigenvalue weighted by Crippen LogP contribution is -2.24. The maximum Gasteiger partial charge on any atom is 0.343 e. The topological polar surface area (TPSA) is 79.3 Å². The Morgan fingerprint density at radius 3 is 2.80 bits per heavy atom. The Hall–Kier alpha value is -1.74. The molecule has 1 saturated heterocycles. The molecule has 6 heteroatoms. The lowest BCUT2D eigenvalue weighted by Gasteiger charge is -2.21. The molecule has 1 aromatic heterocycles. The molecule has 20 heavy (non-hydrogen) atoms. The molecule has 1 fully saturated rings. The van der Waals surface area contributed by atoms with Gasteiger partial charge in [0, 0.05) is 13.1 Å². The summed E-state index contributed by atoms with van der Waals surface area (Å²) in [6.07, 6.45) is 1.05. The van der Waals surface area contributed by atoms with Crippen LogP contribution in [0.5, 0.6) is 0 Å². The van der Waals surface area contributed by atoms with Crippen LogP contribution >= 0.6 is 11.3 Å². The van der Waals surface area contributed by atoms with E-state index in [0.717, 1.165) is 24.5 Å². The zero-order valence-corrected chi connectivity index (χ0v) is 12.8. The largest absolute Gasteiger partial charge is 0.462 e. The van der Waals surface area contributed by atoms with Crippen molar-refractivity contribution < 1.29 is 9.53 Å². The Morgan fingerprint density at radius 1 is 1.60 bits per heavy atom. The highest BCUT2D eigenvalue weighted by atomic mass is 32.1. The quantitative estimate of drug-likeness (QED) is 0.867. The minimum atomic E-state index is -0.442. The van der Waals surface area contributed by atoms with Gasteiger partial charge in [-0.05, 0) is 18.8 Å². The van der Waals surface area contributed by atoms with Gasteiger partial charge in [0.05, 0.1) is 12.3 Å². The van der Waals surface area contributed by atoms with Gasteiger partial charge in [0.25, 0.3) is 0 Å². The molecule has 0 amide bonds. The van der Waals surface area contributed by atoms with Crippen molar-refractivity contribution in [3.63, 3.8) is 0 Å². The third-order valence-corrected chi connectivity index (χ3v) is 4.64. The number of nitrogens with two attached hydrogens (primary N) is 1. The second-order valence-corrected chi connectivity index (χ2v) is 6.69. The number of nitrogen functional groups attached to an aromatic ring is 1. The Kier molecular flexibility index (Phi) is 3.91. The number of carbonyl (C=O) groups excluding carboxylic acids is 1. The molecule has 0 aliphatic carbocycles. The first-order chi connectivity index (χ1) is 9.39. The predicted molar refractivity (Wildman–Crippen MR) is 80.0 cm³/mol. The number of nitrogens with zero attached hydrogens (tertiary/aromatic N) is 2. The summed E-state index contributed by atoms with van der Waals surface area (Å²) in [6, 6.07) is 2.06. The van der Waals surface area contributed by atoms with E-state index >= 15 is 0 Å². The number of esters is 1. The fraction of sp³-hybridized carbons (Fsp3) is 0.571. The predicted octanol–water partition coefficient (Wildman–Crippen LogP) is 2.61. The third kappa shape index (κ3) is 2.59. The van der Waals surface area contributed by atoms with Crippen LogP contribution in [0.3, 0.4) is 0 Å². The summed E-state index contributed by atoms with van der Waals surface area (Å²) in [6.45, 7) is 8.15. The number of anilines is 2. The van der Waals surface area contributed by atoms with Gasteiger partial charge in [-0.2, -0.15) is 5.26 Å². The van der Waals surface area contributed by atoms with Gasteiger partial charge in [0.1, 0.15) is 21.5 Å². The first kappa shape index (κ1) is 14.7. The average molecular weight is 293 g/mol. The maximum atomic E-state index is 12.1. The van der Waals surface area contributed by atoms with Gasteiger partial charge in [-0.15, -0.1) is 11.3 Å². The second kappa shape index (κ2) is 5.33. The molecule has 2 heterocycles. The van der Waals surface area contributed by atoms with E-state index in [1.165, 1.54) is 11.3 Å². The standard InChI is InChI=1S/C14H19N3O2S/c1-4-19-13(18)10-11(16)9(7-15)20-12(10)17-6-5-14(2,3)8-17/h4-6,8,16H2,1-3H3. The molecule has 5 nitrogen and oxygen atoms in total. The van der Waals surface area contributed by atoms with Crippen LogP contribution in [0, 0.1) is 16.7 Å². The van der Waals surface area contributed by atoms with Crippen LogP contribution in [0.1, 0.15) is 42.4 Å². The van der Waals surface area contributed by atoms with Crippen molar-refractivity contribution in [2.24, 2.45) is 5.41 Å². The number of carbonyl (C=O) groups is 1. The zero-order chi connectivity index (χ0) is 14.9. The number of nitriles is 1. The molecule has 2 N–H and O–H groups in total. The van der Waals surface area contributed by atoms with Gasteiger partial charge in [0.15, 0.2) is 0 Å². The highest BCUT2D eigenvalue weighted by Gasteiger charge is 2.34. The minimum Gasteiger partial charge on any atom is -0.462 e. The average Bonchev–Trinajstić information content (AvgIpc) is 2.89. The van der Waals surface area contributed by atoms with E-state index in [1.807, 2.05) is 0 Å². The first-order valence-electron chi connectivity index (χ1n) is 6.64. The summed E-state index contributed by atoms with van der Waals surface area (Å²) >= 11 is 1.28. The fourth-order valence-electron chi connectivity index (χ4n) is 2.42. The van der Waals surface area contributed by atoms with Gasteiger partial charge in [0.2, 0.25) is 0 Å². The minimum absolute atomic E-state index is 0.206. The van der Waals surface area contributed by atoms with Crippen molar-refractivity contribution in [1.82, 2.24) is 0 Å². The molecule has 1 aliphatic heterocycles. The summed E-state index contributed by atoms with van der Waals surface area (Å²) in [4.78, 5) is 14.6. The SMILES string of the molecule is CCOC(=O)c1c(N2CCC(C)(C)C2)sc(C#N)c1N. The summed E-state index contributed by atoms with van der Waals surface area (Å²) < 4.78 is 5.07. The van der Waals surface area contributed by atoms with E-state index in [2.05, 4.69) is 24.8 Å². The molecule has 0 saturated carbocycles. The fourth-order valence-corrected chi connectivity index (χ4v) is 3.45.